The summed E-state index contributed by atoms with van der Waals surface area (Å²) in [6.07, 6.45) is 0. The van der Waals surface area contributed by atoms with E-state index in [-0.39, 0.29) is 5.78 Å². The van der Waals surface area contributed by atoms with Crippen LogP contribution in [0.2, 0.25) is 0 Å². The van der Waals surface area contributed by atoms with Gasteiger partial charge < -0.3 is 0 Å². The van der Waals surface area contributed by atoms with Crippen molar-refractivity contribution in [1.82, 2.24) is 0 Å². The lowest BCUT2D eigenvalue weighted by molar-refractivity contribution is 0.0957. The molecule has 0 aliphatic heterocycles. The van der Waals surface area contributed by atoms with Crippen LogP contribution in [0.5, 0.6) is 0 Å². The maximum Gasteiger partial charge on any atom is 0.473 e. The topological polar surface area (TPSA) is 34.1 Å². The highest BCUT2D eigenvalue weighted by Crippen LogP contribution is 2.14. The van der Waals surface area contributed by atoms with Crippen molar-refractivity contribution in [2.75, 3.05) is 0 Å². The molecule has 1 rings (SSSR count). The zero-order valence-corrected chi connectivity index (χ0v) is 8.43. The molecule has 0 aromatic heterocycles. The van der Waals surface area contributed by atoms with Gasteiger partial charge in [0.2, 0.25) is 5.78 Å². The number of carbonyl (C=O) groups excluding carboxylic acids is 1. The molecule has 0 saturated heterocycles. The number of benzene rings is 1. The first-order valence-electron chi connectivity index (χ1n) is 3.99. The monoisotopic (exact) mass is 195 g/mol. The summed E-state index contributed by atoms with van der Waals surface area (Å²) >= 11 is 0.330. The largest absolute Gasteiger partial charge is 0.473 e. The SMILES string of the molecule is CC(C)([S+]=O)C(=O)c1ccccc1. The molecule has 0 aliphatic carbocycles. The van der Waals surface area contributed by atoms with Crippen molar-refractivity contribution in [2.24, 2.45) is 0 Å². The van der Waals surface area contributed by atoms with Crippen LogP contribution in [0.1, 0.15) is 24.2 Å². The van der Waals surface area contributed by atoms with E-state index in [4.69, 9.17) is 0 Å². The van der Waals surface area contributed by atoms with E-state index < -0.39 is 4.75 Å². The van der Waals surface area contributed by atoms with E-state index in [1.54, 1.807) is 38.1 Å². The second-order valence-corrected chi connectivity index (χ2v) is 4.48. The second-order valence-electron chi connectivity index (χ2n) is 3.29. The molecule has 0 fully saturated rings. The summed E-state index contributed by atoms with van der Waals surface area (Å²) in [5.74, 6) is -0.117. The van der Waals surface area contributed by atoms with Crippen LogP contribution in [0.15, 0.2) is 30.3 Å². The van der Waals surface area contributed by atoms with E-state index in [1.807, 2.05) is 6.07 Å². The predicted octanol–water partition coefficient (Wildman–Crippen LogP) is 2.08. The fourth-order valence-electron chi connectivity index (χ4n) is 0.975. The van der Waals surface area contributed by atoms with Gasteiger partial charge in [-0.05, 0) is 0 Å². The molecule has 3 heteroatoms. The lowest BCUT2D eigenvalue weighted by Gasteiger charge is -2.03. The molecule has 0 radical (unpaired) electrons. The van der Waals surface area contributed by atoms with Gasteiger partial charge in [0.1, 0.15) is 0 Å². The summed E-state index contributed by atoms with van der Waals surface area (Å²) in [5.41, 5.74) is 0.593. The Morgan fingerprint density at radius 3 is 2.23 bits per heavy atom. The lowest BCUT2D eigenvalue weighted by Crippen LogP contribution is -2.30. The minimum absolute atomic E-state index is 0.117. The van der Waals surface area contributed by atoms with Crippen LogP contribution in [-0.2, 0) is 15.9 Å². The van der Waals surface area contributed by atoms with Crippen molar-refractivity contribution >= 4 is 17.4 Å². The molecule has 1 aromatic rings. The van der Waals surface area contributed by atoms with Gasteiger partial charge in [-0.2, -0.15) is 0 Å². The molecular weight excluding hydrogens is 184 g/mol. The third-order valence-electron chi connectivity index (χ3n) is 1.79. The standard InChI is InChI=1S/C10H11O2S/c1-10(2,13-12)9(11)8-6-4-3-5-7-8/h3-7H,1-2H3/q+1. The molecule has 68 valence electrons. The average molecular weight is 195 g/mol. The quantitative estimate of drug-likeness (QED) is 0.546. The molecule has 0 atom stereocenters. The van der Waals surface area contributed by atoms with Gasteiger partial charge in [0, 0.05) is 23.6 Å². The summed E-state index contributed by atoms with van der Waals surface area (Å²) in [5, 5.41) is 0. The molecule has 1 aromatic carbocycles. The van der Waals surface area contributed by atoms with E-state index in [0.717, 1.165) is 0 Å². The lowest BCUT2D eigenvalue weighted by atomic mass is 10.0. The van der Waals surface area contributed by atoms with Gasteiger partial charge in [0.15, 0.2) is 0 Å². The predicted molar refractivity (Wildman–Crippen MR) is 52.9 cm³/mol. The van der Waals surface area contributed by atoms with Gasteiger partial charge in [-0.25, -0.2) is 0 Å². The molecule has 0 unspecified atom stereocenters. The molecule has 0 heterocycles. The minimum Gasteiger partial charge on any atom is -0.287 e. The average Bonchev–Trinajstić information content (AvgIpc) is 2.18. The van der Waals surface area contributed by atoms with E-state index in [0.29, 0.717) is 17.2 Å². The fourth-order valence-corrected chi connectivity index (χ4v) is 1.17. The molecule has 0 N–H and O–H groups in total. The number of ketones is 1. The minimum atomic E-state index is -0.874. The van der Waals surface area contributed by atoms with Crippen molar-refractivity contribution in [3.05, 3.63) is 35.9 Å². The Labute approximate surface area is 81.5 Å². The molecule has 0 amide bonds. The molecule has 2 nitrogen and oxygen atoms in total. The number of rotatable bonds is 3. The first-order valence-corrected chi connectivity index (χ1v) is 4.73. The van der Waals surface area contributed by atoms with Gasteiger partial charge >= 0.3 is 16.4 Å². The highest BCUT2D eigenvalue weighted by Gasteiger charge is 2.42. The van der Waals surface area contributed by atoms with Crippen LogP contribution < -0.4 is 0 Å². The van der Waals surface area contributed by atoms with Crippen LogP contribution in [0.3, 0.4) is 0 Å². The maximum atomic E-state index is 11.7. The third-order valence-corrected chi connectivity index (χ3v) is 2.39. The first-order chi connectivity index (χ1) is 6.08. The van der Waals surface area contributed by atoms with Crippen molar-refractivity contribution in [3.8, 4) is 0 Å². The Morgan fingerprint density at radius 2 is 1.77 bits per heavy atom. The van der Waals surface area contributed by atoms with Crippen LogP contribution in [-0.4, -0.2) is 10.5 Å². The Hall–Kier alpha value is -1.09. The Bertz CT molecular complexity index is 317. The Kier molecular flexibility index (Phi) is 2.88. The fraction of sp³-hybridized carbons (Fsp3) is 0.300. The van der Waals surface area contributed by atoms with Gasteiger partial charge in [-0.3, -0.25) is 4.79 Å². The number of Topliss-reactive ketones (excluding diaryl/α,β-unsaturated/α-hetero) is 1. The van der Waals surface area contributed by atoms with Crippen LogP contribution in [0, 0.1) is 0 Å². The molecule has 13 heavy (non-hydrogen) atoms. The molecular formula is C10H11O2S+. The van der Waals surface area contributed by atoms with Crippen molar-refractivity contribution < 1.29 is 9.00 Å². The Balaban J connectivity index is 2.99. The number of hydrogen-bond acceptors (Lipinski definition) is 2. The van der Waals surface area contributed by atoms with E-state index in [2.05, 4.69) is 0 Å². The zero-order valence-electron chi connectivity index (χ0n) is 7.61. The maximum absolute atomic E-state index is 11.7. The molecule has 0 bridgehead atoms. The van der Waals surface area contributed by atoms with Crippen LogP contribution in [0.4, 0.5) is 0 Å². The van der Waals surface area contributed by atoms with Crippen molar-refractivity contribution in [3.63, 3.8) is 0 Å². The molecule has 0 saturated carbocycles. The normalized spacial score (nSPS) is 10.9. The van der Waals surface area contributed by atoms with Crippen LogP contribution >= 0.6 is 0 Å². The van der Waals surface area contributed by atoms with Gasteiger partial charge in [-0.1, -0.05) is 30.3 Å². The second kappa shape index (κ2) is 3.75. The number of carbonyl (C=O) groups is 1. The number of hydrogen-bond donors (Lipinski definition) is 0. The van der Waals surface area contributed by atoms with Crippen molar-refractivity contribution in [1.29, 1.82) is 0 Å². The molecule has 0 spiro atoms. The van der Waals surface area contributed by atoms with E-state index >= 15 is 0 Å². The van der Waals surface area contributed by atoms with E-state index in [9.17, 15) is 9.00 Å². The molecule has 0 aliphatic rings. The van der Waals surface area contributed by atoms with Crippen LogP contribution in [0.25, 0.3) is 0 Å². The smallest absolute Gasteiger partial charge is 0.287 e. The highest BCUT2D eigenvalue weighted by atomic mass is 32.1. The Morgan fingerprint density at radius 1 is 1.23 bits per heavy atom. The summed E-state index contributed by atoms with van der Waals surface area (Å²) < 4.78 is 9.79. The zero-order chi connectivity index (χ0) is 9.90. The summed E-state index contributed by atoms with van der Waals surface area (Å²) in [7, 11) is 0. The van der Waals surface area contributed by atoms with Gasteiger partial charge in [-0.15, -0.1) is 0 Å². The first kappa shape index (κ1) is 9.99. The highest BCUT2D eigenvalue weighted by molar-refractivity contribution is 7.68. The third kappa shape index (κ3) is 2.18. The van der Waals surface area contributed by atoms with Crippen molar-refractivity contribution in [2.45, 2.75) is 18.6 Å². The van der Waals surface area contributed by atoms with Gasteiger partial charge in [0.05, 0.1) is 0 Å². The van der Waals surface area contributed by atoms with E-state index in [1.165, 1.54) is 0 Å². The van der Waals surface area contributed by atoms with Gasteiger partial charge in [0.25, 0.3) is 0 Å². The summed E-state index contributed by atoms with van der Waals surface area (Å²) in [6.45, 7) is 3.28. The summed E-state index contributed by atoms with van der Waals surface area (Å²) in [4.78, 5) is 11.7. The summed E-state index contributed by atoms with van der Waals surface area (Å²) in [6, 6.07) is 8.87.